The molecule has 3 rings (SSSR count). The van der Waals surface area contributed by atoms with E-state index in [1.807, 2.05) is 12.5 Å². The molecule has 1 aromatic rings. The maximum atomic E-state index is 4.35. The van der Waals surface area contributed by atoms with Crippen molar-refractivity contribution in [3.63, 3.8) is 0 Å². The lowest BCUT2D eigenvalue weighted by molar-refractivity contribution is 0.255. The van der Waals surface area contributed by atoms with Crippen LogP contribution in [0, 0.1) is 5.41 Å². The lowest BCUT2D eigenvalue weighted by Gasteiger charge is -2.29. The van der Waals surface area contributed by atoms with Crippen molar-refractivity contribution in [2.45, 2.75) is 64.6 Å². The molecule has 2 aliphatic rings. The van der Waals surface area contributed by atoms with E-state index in [1.54, 1.807) is 0 Å². The molecule has 94 valence electrons. The van der Waals surface area contributed by atoms with Crippen LogP contribution in [0.15, 0.2) is 12.5 Å². The molecule has 0 saturated heterocycles. The Labute approximate surface area is 104 Å². The molecule has 17 heavy (non-hydrogen) atoms. The molecular weight excluding hydrogens is 210 g/mol. The van der Waals surface area contributed by atoms with E-state index in [0.717, 1.165) is 12.6 Å². The fourth-order valence-corrected chi connectivity index (χ4v) is 3.11. The van der Waals surface area contributed by atoms with Gasteiger partial charge in [-0.2, -0.15) is 0 Å². The van der Waals surface area contributed by atoms with Gasteiger partial charge in [0.1, 0.15) is 0 Å². The first kappa shape index (κ1) is 11.3. The summed E-state index contributed by atoms with van der Waals surface area (Å²) >= 11 is 0. The molecule has 0 bridgehead atoms. The molecule has 1 unspecified atom stereocenters. The summed E-state index contributed by atoms with van der Waals surface area (Å²) in [5.41, 5.74) is 1.78. The molecule has 1 N–H and O–H groups in total. The standard InChI is InChI=1S/C14H23N3/c1-14(2)7-3-4-13(14)17-10-15-8-12(17)9-16-11-5-6-11/h8,10-11,13,16H,3-7,9H2,1-2H3. The molecule has 1 aromatic heterocycles. The van der Waals surface area contributed by atoms with Crippen molar-refractivity contribution in [3.05, 3.63) is 18.2 Å². The molecular formula is C14H23N3. The van der Waals surface area contributed by atoms with Crippen LogP contribution in [0.2, 0.25) is 0 Å². The van der Waals surface area contributed by atoms with Crippen LogP contribution in [0.3, 0.4) is 0 Å². The molecule has 3 nitrogen and oxygen atoms in total. The third kappa shape index (κ3) is 2.25. The van der Waals surface area contributed by atoms with E-state index in [4.69, 9.17) is 0 Å². The van der Waals surface area contributed by atoms with Gasteiger partial charge in [0.15, 0.2) is 0 Å². The van der Waals surface area contributed by atoms with Crippen LogP contribution in [0.25, 0.3) is 0 Å². The molecule has 0 aliphatic heterocycles. The van der Waals surface area contributed by atoms with Crippen LogP contribution < -0.4 is 5.32 Å². The Kier molecular flexibility index (Phi) is 2.74. The van der Waals surface area contributed by atoms with Gasteiger partial charge in [0, 0.05) is 24.8 Å². The van der Waals surface area contributed by atoms with Gasteiger partial charge < -0.3 is 9.88 Å². The summed E-state index contributed by atoms with van der Waals surface area (Å²) in [6.07, 6.45) is 10.8. The predicted octanol–water partition coefficient (Wildman–Crippen LogP) is 2.89. The van der Waals surface area contributed by atoms with Crippen molar-refractivity contribution in [2.75, 3.05) is 0 Å². The molecule has 0 radical (unpaired) electrons. The highest BCUT2D eigenvalue weighted by atomic mass is 15.1. The highest BCUT2D eigenvalue weighted by Crippen LogP contribution is 2.46. The van der Waals surface area contributed by atoms with E-state index in [0.29, 0.717) is 11.5 Å². The van der Waals surface area contributed by atoms with Crippen molar-refractivity contribution >= 4 is 0 Å². The van der Waals surface area contributed by atoms with Crippen molar-refractivity contribution in [1.82, 2.24) is 14.9 Å². The molecule has 1 heterocycles. The normalized spacial score (nSPS) is 27.5. The molecule has 0 aromatic carbocycles. The van der Waals surface area contributed by atoms with Gasteiger partial charge in [-0.15, -0.1) is 0 Å². The van der Waals surface area contributed by atoms with Crippen molar-refractivity contribution in [2.24, 2.45) is 5.41 Å². The second-order valence-electron chi connectivity index (χ2n) is 6.34. The van der Waals surface area contributed by atoms with E-state index in [9.17, 15) is 0 Å². The number of imidazole rings is 1. The maximum absolute atomic E-state index is 4.35. The second-order valence-corrected chi connectivity index (χ2v) is 6.34. The first-order chi connectivity index (χ1) is 8.17. The Morgan fingerprint density at radius 2 is 2.24 bits per heavy atom. The number of nitrogens with one attached hydrogen (secondary N) is 1. The summed E-state index contributed by atoms with van der Waals surface area (Å²) in [5.74, 6) is 0. The van der Waals surface area contributed by atoms with Gasteiger partial charge >= 0.3 is 0 Å². The third-order valence-corrected chi connectivity index (χ3v) is 4.43. The van der Waals surface area contributed by atoms with Gasteiger partial charge in [-0.25, -0.2) is 4.98 Å². The minimum Gasteiger partial charge on any atom is -0.330 e. The molecule has 2 saturated carbocycles. The number of aromatic nitrogens is 2. The first-order valence-electron chi connectivity index (χ1n) is 6.91. The molecule has 0 amide bonds. The SMILES string of the molecule is CC1(C)CCCC1n1cncc1CNC1CC1. The van der Waals surface area contributed by atoms with Gasteiger partial charge in [0.05, 0.1) is 12.0 Å². The quantitative estimate of drug-likeness (QED) is 0.866. The maximum Gasteiger partial charge on any atom is 0.0951 e. The van der Waals surface area contributed by atoms with E-state index in [-0.39, 0.29) is 0 Å². The summed E-state index contributed by atoms with van der Waals surface area (Å²) < 4.78 is 2.42. The molecule has 3 heteroatoms. The van der Waals surface area contributed by atoms with Gasteiger partial charge in [-0.1, -0.05) is 20.3 Å². The summed E-state index contributed by atoms with van der Waals surface area (Å²) in [7, 11) is 0. The number of hydrogen-bond acceptors (Lipinski definition) is 2. The Bertz CT molecular complexity index is 390. The van der Waals surface area contributed by atoms with Gasteiger partial charge in [0.2, 0.25) is 0 Å². The van der Waals surface area contributed by atoms with E-state index in [2.05, 4.69) is 28.7 Å². The number of hydrogen-bond donors (Lipinski definition) is 1. The third-order valence-electron chi connectivity index (χ3n) is 4.43. The van der Waals surface area contributed by atoms with Crippen LogP contribution >= 0.6 is 0 Å². The Morgan fingerprint density at radius 1 is 1.41 bits per heavy atom. The molecule has 0 spiro atoms. The summed E-state index contributed by atoms with van der Waals surface area (Å²) in [4.78, 5) is 4.35. The van der Waals surface area contributed by atoms with Crippen molar-refractivity contribution in [3.8, 4) is 0 Å². The summed E-state index contributed by atoms with van der Waals surface area (Å²) in [5, 5.41) is 3.59. The van der Waals surface area contributed by atoms with Crippen LogP contribution in [-0.2, 0) is 6.54 Å². The topological polar surface area (TPSA) is 29.9 Å². The van der Waals surface area contributed by atoms with Gasteiger partial charge in [0.25, 0.3) is 0 Å². The first-order valence-corrected chi connectivity index (χ1v) is 6.91. The molecule has 2 aliphatic carbocycles. The fourth-order valence-electron chi connectivity index (χ4n) is 3.11. The number of rotatable bonds is 4. The zero-order valence-electron chi connectivity index (χ0n) is 10.9. The largest absolute Gasteiger partial charge is 0.330 e. The van der Waals surface area contributed by atoms with Crippen LogP contribution in [0.5, 0.6) is 0 Å². The Balaban J connectivity index is 1.75. The van der Waals surface area contributed by atoms with Crippen molar-refractivity contribution in [1.29, 1.82) is 0 Å². The zero-order chi connectivity index (χ0) is 11.9. The van der Waals surface area contributed by atoms with Gasteiger partial charge in [-0.05, 0) is 31.1 Å². The lowest BCUT2D eigenvalue weighted by atomic mass is 9.87. The van der Waals surface area contributed by atoms with Gasteiger partial charge in [-0.3, -0.25) is 0 Å². The van der Waals surface area contributed by atoms with Crippen LogP contribution in [0.1, 0.15) is 57.7 Å². The average molecular weight is 233 g/mol. The minimum atomic E-state index is 0.426. The van der Waals surface area contributed by atoms with E-state index < -0.39 is 0 Å². The monoisotopic (exact) mass is 233 g/mol. The highest BCUT2D eigenvalue weighted by molar-refractivity contribution is 5.05. The second kappa shape index (κ2) is 4.13. The fraction of sp³-hybridized carbons (Fsp3) is 0.786. The minimum absolute atomic E-state index is 0.426. The number of nitrogens with zero attached hydrogens (tertiary/aromatic N) is 2. The van der Waals surface area contributed by atoms with E-state index in [1.165, 1.54) is 37.8 Å². The van der Waals surface area contributed by atoms with Crippen molar-refractivity contribution < 1.29 is 0 Å². The smallest absolute Gasteiger partial charge is 0.0951 e. The summed E-state index contributed by atoms with van der Waals surface area (Å²) in [6, 6.07) is 1.41. The summed E-state index contributed by atoms with van der Waals surface area (Å²) in [6.45, 7) is 5.77. The average Bonchev–Trinajstić information content (AvgIpc) is 2.89. The highest BCUT2D eigenvalue weighted by Gasteiger charge is 2.36. The molecule has 1 atom stereocenters. The Hall–Kier alpha value is -0.830. The zero-order valence-corrected chi connectivity index (χ0v) is 10.9. The van der Waals surface area contributed by atoms with Crippen LogP contribution in [0.4, 0.5) is 0 Å². The molecule has 2 fully saturated rings. The van der Waals surface area contributed by atoms with Crippen LogP contribution in [-0.4, -0.2) is 15.6 Å². The van der Waals surface area contributed by atoms with E-state index >= 15 is 0 Å². The predicted molar refractivity (Wildman–Crippen MR) is 68.8 cm³/mol. The lowest BCUT2D eigenvalue weighted by Crippen LogP contribution is -2.25. The Morgan fingerprint density at radius 3 is 2.88 bits per heavy atom.